The summed E-state index contributed by atoms with van der Waals surface area (Å²) in [7, 11) is 0. The molecule has 0 atom stereocenters. The van der Waals surface area contributed by atoms with Gasteiger partial charge in [0.1, 0.15) is 5.54 Å². The minimum atomic E-state index is -0.741. The van der Waals surface area contributed by atoms with Crippen LogP contribution in [-0.4, -0.2) is 47.4 Å². The van der Waals surface area contributed by atoms with Crippen molar-refractivity contribution in [3.8, 4) is 0 Å². The topological polar surface area (TPSA) is 49.4 Å². The maximum Gasteiger partial charge on any atom is 0.248 e. The van der Waals surface area contributed by atoms with Crippen LogP contribution in [-0.2, 0) is 9.59 Å². The lowest BCUT2D eigenvalue weighted by atomic mass is 10.0. The first-order chi connectivity index (χ1) is 7.97. The summed E-state index contributed by atoms with van der Waals surface area (Å²) in [5.74, 6) is 1.14. The third-order valence-corrected chi connectivity index (χ3v) is 3.58. The van der Waals surface area contributed by atoms with Crippen LogP contribution < -0.4 is 5.32 Å². The summed E-state index contributed by atoms with van der Waals surface area (Å²) in [5, 5.41) is 2.71. The Kier molecular flexibility index (Phi) is 5.31. The zero-order valence-electron chi connectivity index (χ0n) is 10.9. The van der Waals surface area contributed by atoms with E-state index in [2.05, 4.69) is 11.6 Å². The fourth-order valence-corrected chi connectivity index (χ4v) is 2.48. The van der Waals surface area contributed by atoms with Crippen LogP contribution in [0.4, 0.5) is 0 Å². The Hall–Kier alpha value is -0.710. The van der Waals surface area contributed by atoms with Gasteiger partial charge in [0.05, 0.1) is 6.54 Å². The highest BCUT2D eigenvalue weighted by atomic mass is 32.2. The first kappa shape index (κ1) is 14.4. The van der Waals surface area contributed by atoms with Gasteiger partial charge >= 0.3 is 0 Å². The van der Waals surface area contributed by atoms with E-state index in [-0.39, 0.29) is 18.4 Å². The molecule has 0 aliphatic carbocycles. The van der Waals surface area contributed by atoms with Gasteiger partial charge in [-0.05, 0) is 38.7 Å². The van der Waals surface area contributed by atoms with Gasteiger partial charge in [-0.25, -0.2) is 0 Å². The molecule has 98 valence electrons. The minimum Gasteiger partial charge on any atom is -0.341 e. The molecule has 0 radical (unpaired) electrons. The fourth-order valence-electron chi connectivity index (χ4n) is 1.99. The minimum absolute atomic E-state index is 0.0296. The highest BCUT2D eigenvalue weighted by Gasteiger charge is 2.38. The monoisotopic (exact) mass is 258 g/mol. The van der Waals surface area contributed by atoms with Crippen molar-refractivity contribution in [3.63, 3.8) is 0 Å². The van der Waals surface area contributed by atoms with Gasteiger partial charge in [-0.3, -0.25) is 9.59 Å². The van der Waals surface area contributed by atoms with E-state index >= 15 is 0 Å². The van der Waals surface area contributed by atoms with Gasteiger partial charge in [0.2, 0.25) is 11.8 Å². The van der Waals surface area contributed by atoms with Gasteiger partial charge in [0.15, 0.2) is 0 Å². The van der Waals surface area contributed by atoms with Crippen LogP contribution in [0.1, 0.15) is 33.1 Å². The third-order valence-electron chi connectivity index (χ3n) is 2.88. The van der Waals surface area contributed by atoms with Crippen molar-refractivity contribution < 1.29 is 9.59 Å². The zero-order chi connectivity index (χ0) is 12.9. The Morgan fingerprint density at radius 2 is 2.00 bits per heavy atom. The average Bonchev–Trinajstić information content (AvgIpc) is 2.24. The van der Waals surface area contributed by atoms with Crippen LogP contribution in [0.3, 0.4) is 0 Å². The number of piperazine rings is 1. The molecule has 0 bridgehead atoms. The quantitative estimate of drug-likeness (QED) is 0.730. The summed E-state index contributed by atoms with van der Waals surface area (Å²) in [4.78, 5) is 25.2. The molecule has 0 spiro atoms. The molecular weight excluding hydrogens is 236 g/mol. The molecule has 1 N–H and O–H groups in total. The second-order valence-corrected chi connectivity index (χ2v) is 5.94. The lowest BCUT2D eigenvalue weighted by molar-refractivity contribution is -0.148. The summed E-state index contributed by atoms with van der Waals surface area (Å²) in [6.07, 6.45) is 5.38. The highest BCUT2D eigenvalue weighted by molar-refractivity contribution is 7.98. The second-order valence-electron chi connectivity index (χ2n) is 4.95. The van der Waals surface area contributed by atoms with Crippen molar-refractivity contribution in [3.05, 3.63) is 0 Å². The Bertz CT molecular complexity index is 292. The second kappa shape index (κ2) is 6.28. The van der Waals surface area contributed by atoms with E-state index in [0.717, 1.165) is 12.8 Å². The van der Waals surface area contributed by atoms with E-state index in [4.69, 9.17) is 0 Å². The van der Waals surface area contributed by atoms with Crippen LogP contribution in [0.25, 0.3) is 0 Å². The number of nitrogens with zero attached hydrogens (tertiary/aromatic N) is 1. The number of rotatable bonds is 6. The lowest BCUT2D eigenvalue weighted by Crippen LogP contribution is -2.63. The zero-order valence-corrected chi connectivity index (χ0v) is 11.7. The molecule has 0 aromatic carbocycles. The molecular formula is C12H22N2O2S. The van der Waals surface area contributed by atoms with Gasteiger partial charge in [-0.15, -0.1) is 0 Å². The van der Waals surface area contributed by atoms with E-state index in [0.29, 0.717) is 6.54 Å². The first-order valence-electron chi connectivity index (χ1n) is 6.06. The van der Waals surface area contributed by atoms with E-state index in [1.165, 1.54) is 12.2 Å². The SMILES string of the molecule is CSCCCCCN1CC(=O)NC(C)(C)C1=O. The Morgan fingerprint density at radius 3 is 2.65 bits per heavy atom. The summed E-state index contributed by atoms with van der Waals surface area (Å²) in [6, 6.07) is 0. The largest absolute Gasteiger partial charge is 0.341 e. The predicted octanol–water partition coefficient (Wildman–Crippen LogP) is 1.26. The molecule has 1 saturated heterocycles. The van der Waals surface area contributed by atoms with Crippen molar-refractivity contribution in [1.29, 1.82) is 0 Å². The summed E-state index contributed by atoms with van der Waals surface area (Å²) in [6.45, 7) is 4.43. The number of carbonyl (C=O) groups excluding carboxylic acids is 2. The van der Waals surface area contributed by atoms with Crippen LogP contribution >= 0.6 is 11.8 Å². The highest BCUT2D eigenvalue weighted by Crippen LogP contribution is 2.14. The molecule has 1 aliphatic rings. The van der Waals surface area contributed by atoms with Gasteiger partial charge < -0.3 is 10.2 Å². The molecule has 1 rings (SSSR count). The molecule has 2 amide bonds. The number of unbranched alkanes of at least 4 members (excludes halogenated alkanes) is 2. The van der Waals surface area contributed by atoms with Crippen molar-refractivity contribution in [1.82, 2.24) is 10.2 Å². The van der Waals surface area contributed by atoms with E-state index in [9.17, 15) is 9.59 Å². The van der Waals surface area contributed by atoms with Gasteiger partial charge in [0, 0.05) is 6.54 Å². The Balaban J connectivity index is 2.36. The van der Waals surface area contributed by atoms with Gasteiger partial charge in [-0.2, -0.15) is 11.8 Å². The van der Waals surface area contributed by atoms with Crippen molar-refractivity contribution >= 4 is 23.6 Å². The first-order valence-corrected chi connectivity index (χ1v) is 7.46. The summed E-state index contributed by atoms with van der Waals surface area (Å²) in [5.41, 5.74) is -0.741. The average molecular weight is 258 g/mol. The van der Waals surface area contributed by atoms with Gasteiger partial charge in [0.25, 0.3) is 0 Å². The summed E-state index contributed by atoms with van der Waals surface area (Å²) < 4.78 is 0. The maximum absolute atomic E-state index is 12.0. The van der Waals surface area contributed by atoms with Crippen LogP contribution in [0.15, 0.2) is 0 Å². The van der Waals surface area contributed by atoms with Crippen LogP contribution in [0.2, 0.25) is 0 Å². The fraction of sp³-hybridized carbons (Fsp3) is 0.833. The molecule has 0 saturated carbocycles. The van der Waals surface area contributed by atoms with Crippen LogP contribution in [0.5, 0.6) is 0 Å². The van der Waals surface area contributed by atoms with E-state index < -0.39 is 5.54 Å². The van der Waals surface area contributed by atoms with Crippen LogP contribution in [0, 0.1) is 0 Å². The molecule has 1 fully saturated rings. The molecule has 5 heteroatoms. The Labute approximate surface area is 108 Å². The number of nitrogens with one attached hydrogen (secondary N) is 1. The lowest BCUT2D eigenvalue weighted by Gasteiger charge is -2.37. The number of thioether (sulfide) groups is 1. The Morgan fingerprint density at radius 1 is 1.29 bits per heavy atom. The predicted molar refractivity (Wildman–Crippen MR) is 71.0 cm³/mol. The molecule has 17 heavy (non-hydrogen) atoms. The smallest absolute Gasteiger partial charge is 0.248 e. The normalized spacial score (nSPS) is 19.4. The molecule has 0 unspecified atom stereocenters. The molecule has 1 heterocycles. The molecule has 0 aromatic heterocycles. The third kappa shape index (κ3) is 4.22. The molecule has 0 aromatic rings. The number of hydrogen-bond donors (Lipinski definition) is 1. The maximum atomic E-state index is 12.0. The van der Waals surface area contributed by atoms with Crippen molar-refractivity contribution in [2.45, 2.75) is 38.6 Å². The number of carbonyl (C=O) groups is 2. The number of amides is 2. The summed E-state index contributed by atoms with van der Waals surface area (Å²) >= 11 is 1.84. The number of hydrogen-bond acceptors (Lipinski definition) is 3. The standard InChI is InChI=1S/C12H22N2O2S/c1-12(2)11(16)14(9-10(15)13-12)7-5-4-6-8-17-3/h4-9H2,1-3H3,(H,13,15). The molecule has 1 aliphatic heterocycles. The van der Waals surface area contributed by atoms with E-state index in [1.807, 2.05) is 11.8 Å². The van der Waals surface area contributed by atoms with Gasteiger partial charge in [-0.1, -0.05) is 6.42 Å². The van der Waals surface area contributed by atoms with Crippen molar-refractivity contribution in [2.24, 2.45) is 0 Å². The van der Waals surface area contributed by atoms with Crippen molar-refractivity contribution in [2.75, 3.05) is 25.1 Å². The molecule has 4 nitrogen and oxygen atoms in total. The van der Waals surface area contributed by atoms with E-state index in [1.54, 1.807) is 18.7 Å².